The smallest absolute Gasteiger partial charge is 0.255 e. The third-order valence-electron chi connectivity index (χ3n) is 3.74. The lowest BCUT2D eigenvalue weighted by Gasteiger charge is -2.39. The highest BCUT2D eigenvalue weighted by Crippen LogP contribution is 2.24. The summed E-state index contributed by atoms with van der Waals surface area (Å²) in [5.74, 6) is 0.540. The van der Waals surface area contributed by atoms with Crippen LogP contribution in [-0.4, -0.2) is 34.9 Å². The maximum Gasteiger partial charge on any atom is 0.255 e. The second-order valence-corrected chi connectivity index (χ2v) is 5.17. The van der Waals surface area contributed by atoms with Crippen molar-refractivity contribution < 1.29 is 4.79 Å². The number of hydrogen-bond donors (Lipinski definition) is 1. The van der Waals surface area contributed by atoms with E-state index in [4.69, 9.17) is 5.73 Å². The quantitative estimate of drug-likeness (QED) is 0.910. The minimum atomic E-state index is 0. The predicted molar refractivity (Wildman–Crippen MR) is 85.7 cm³/mol. The van der Waals surface area contributed by atoms with Gasteiger partial charge in [0.15, 0.2) is 0 Å². The number of amides is 1. The fourth-order valence-corrected chi connectivity index (χ4v) is 2.70. The minimum Gasteiger partial charge on any atom is -0.334 e. The molecule has 0 radical (unpaired) electrons. The lowest BCUT2D eigenvalue weighted by atomic mass is 9.90. The van der Waals surface area contributed by atoms with Gasteiger partial charge in [0.05, 0.1) is 5.56 Å². The van der Waals surface area contributed by atoms with Gasteiger partial charge >= 0.3 is 0 Å². The van der Waals surface area contributed by atoms with Crippen molar-refractivity contribution in [1.82, 2.24) is 9.88 Å². The molecule has 0 aliphatic carbocycles. The summed E-state index contributed by atoms with van der Waals surface area (Å²) < 4.78 is 0. The number of nitrogens with zero attached hydrogens (tertiary/aromatic N) is 2. The molecule has 4 nitrogen and oxygen atoms in total. The van der Waals surface area contributed by atoms with Crippen LogP contribution in [0.5, 0.6) is 0 Å². The van der Waals surface area contributed by atoms with E-state index in [0.717, 1.165) is 24.9 Å². The van der Waals surface area contributed by atoms with E-state index in [9.17, 15) is 4.79 Å². The molecular weight excluding hydrogens is 297 g/mol. The first kappa shape index (κ1) is 19.2. The summed E-state index contributed by atoms with van der Waals surface area (Å²) in [6.45, 7) is 5.46. The van der Waals surface area contributed by atoms with Crippen LogP contribution in [0.3, 0.4) is 0 Å². The lowest BCUT2D eigenvalue weighted by Crippen LogP contribution is -2.51. The minimum absolute atomic E-state index is 0. The zero-order valence-corrected chi connectivity index (χ0v) is 13.5. The largest absolute Gasteiger partial charge is 0.334 e. The molecule has 1 aliphatic heterocycles. The summed E-state index contributed by atoms with van der Waals surface area (Å²) in [6.07, 6.45) is 5.61. The number of pyridine rings is 1. The van der Waals surface area contributed by atoms with Crippen LogP contribution < -0.4 is 5.73 Å². The van der Waals surface area contributed by atoms with Gasteiger partial charge in [-0.1, -0.05) is 6.92 Å². The maximum atomic E-state index is 12.5. The van der Waals surface area contributed by atoms with Crippen molar-refractivity contribution in [2.24, 2.45) is 11.7 Å². The van der Waals surface area contributed by atoms with Crippen molar-refractivity contribution in [3.63, 3.8) is 0 Å². The SMILES string of the molecule is Cc1cncc(C(=O)N2CCCC(C)C2CN)c1.Cl.Cl. The average Bonchev–Trinajstić information content (AvgIpc) is 2.37. The number of carbonyl (C=O) groups is 1. The highest BCUT2D eigenvalue weighted by molar-refractivity contribution is 5.94. The van der Waals surface area contributed by atoms with Gasteiger partial charge in [-0.25, -0.2) is 0 Å². The first-order valence-corrected chi connectivity index (χ1v) is 6.56. The molecule has 6 heteroatoms. The number of aryl methyl sites for hydroxylation is 1. The Morgan fingerprint density at radius 1 is 1.45 bits per heavy atom. The van der Waals surface area contributed by atoms with Gasteiger partial charge in [0.2, 0.25) is 0 Å². The summed E-state index contributed by atoms with van der Waals surface area (Å²) in [5, 5.41) is 0. The molecule has 2 unspecified atom stereocenters. The van der Waals surface area contributed by atoms with E-state index in [2.05, 4.69) is 11.9 Å². The highest BCUT2D eigenvalue weighted by atomic mass is 35.5. The monoisotopic (exact) mass is 319 g/mol. The van der Waals surface area contributed by atoms with Crippen LogP contribution in [0.4, 0.5) is 0 Å². The average molecular weight is 320 g/mol. The normalized spacial score (nSPS) is 21.6. The fraction of sp³-hybridized carbons (Fsp3) is 0.571. The van der Waals surface area contributed by atoms with E-state index in [1.54, 1.807) is 12.4 Å². The number of piperidine rings is 1. The molecule has 1 saturated heterocycles. The molecule has 0 spiro atoms. The Morgan fingerprint density at radius 3 is 2.75 bits per heavy atom. The Balaban J connectivity index is 0.00000180. The van der Waals surface area contributed by atoms with Crippen LogP contribution in [0.25, 0.3) is 0 Å². The first-order valence-electron chi connectivity index (χ1n) is 6.56. The van der Waals surface area contributed by atoms with Crippen molar-refractivity contribution in [2.45, 2.75) is 32.7 Å². The Morgan fingerprint density at radius 2 is 2.15 bits per heavy atom. The van der Waals surface area contributed by atoms with Crippen LogP contribution in [0.15, 0.2) is 18.5 Å². The molecule has 1 aliphatic rings. The topological polar surface area (TPSA) is 59.2 Å². The van der Waals surface area contributed by atoms with Crippen LogP contribution >= 0.6 is 24.8 Å². The van der Waals surface area contributed by atoms with Crippen LogP contribution in [0.2, 0.25) is 0 Å². The van der Waals surface area contributed by atoms with Gasteiger partial charge in [0.25, 0.3) is 5.91 Å². The molecule has 2 atom stereocenters. The number of carbonyl (C=O) groups excluding carboxylic acids is 1. The molecule has 2 rings (SSSR count). The molecule has 0 bridgehead atoms. The number of nitrogens with two attached hydrogens (primary N) is 1. The van der Waals surface area contributed by atoms with Crippen molar-refractivity contribution >= 4 is 30.7 Å². The fourth-order valence-electron chi connectivity index (χ4n) is 2.70. The number of likely N-dealkylation sites (tertiary alicyclic amines) is 1. The second-order valence-electron chi connectivity index (χ2n) is 5.17. The molecule has 1 aromatic heterocycles. The number of aromatic nitrogens is 1. The van der Waals surface area contributed by atoms with Crippen LogP contribution in [-0.2, 0) is 0 Å². The zero-order valence-electron chi connectivity index (χ0n) is 11.9. The van der Waals surface area contributed by atoms with E-state index in [-0.39, 0.29) is 36.8 Å². The summed E-state index contributed by atoms with van der Waals surface area (Å²) in [5.41, 5.74) is 7.50. The molecule has 0 saturated carbocycles. The molecule has 1 fully saturated rings. The Hall–Kier alpha value is -0.840. The molecule has 114 valence electrons. The lowest BCUT2D eigenvalue weighted by molar-refractivity contribution is 0.0532. The maximum absolute atomic E-state index is 12.5. The molecule has 2 heterocycles. The van der Waals surface area contributed by atoms with Crippen molar-refractivity contribution in [3.8, 4) is 0 Å². The Labute approximate surface area is 132 Å². The van der Waals surface area contributed by atoms with Crippen molar-refractivity contribution in [3.05, 3.63) is 29.6 Å². The van der Waals surface area contributed by atoms with Gasteiger partial charge in [-0.15, -0.1) is 24.8 Å². The van der Waals surface area contributed by atoms with Gasteiger partial charge in [-0.3, -0.25) is 9.78 Å². The summed E-state index contributed by atoms with van der Waals surface area (Å²) in [6, 6.07) is 2.05. The van der Waals surface area contributed by atoms with E-state index in [0.29, 0.717) is 18.0 Å². The zero-order chi connectivity index (χ0) is 13.1. The number of halogens is 2. The Bertz CT molecular complexity index is 442. The van der Waals surface area contributed by atoms with Gasteiger partial charge in [0, 0.05) is 31.5 Å². The van der Waals surface area contributed by atoms with Gasteiger partial charge < -0.3 is 10.6 Å². The van der Waals surface area contributed by atoms with E-state index in [1.165, 1.54) is 0 Å². The highest BCUT2D eigenvalue weighted by Gasteiger charge is 2.31. The molecule has 1 amide bonds. The van der Waals surface area contributed by atoms with E-state index in [1.807, 2.05) is 17.9 Å². The van der Waals surface area contributed by atoms with Crippen molar-refractivity contribution in [1.29, 1.82) is 0 Å². The third kappa shape index (κ3) is 4.08. The molecular formula is C14H23Cl2N3O. The number of hydrogen-bond acceptors (Lipinski definition) is 3. The van der Waals surface area contributed by atoms with Gasteiger partial charge in [-0.05, 0) is 37.3 Å². The molecule has 2 N–H and O–H groups in total. The summed E-state index contributed by atoms with van der Waals surface area (Å²) >= 11 is 0. The first-order chi connectivity index (χ1) is 8.63. The summed E-state index contributed by atoms with van der Waals surface area (Å²) in [7, 11) is 0. The standard InChI is InChI=1S/C14H21N3O.2ClH/c1-10-6-12(9-16-8-10)14(18)17-5-3-4-11(2)13(17)7-15;;/h6,8-9,11,13H,3-5,7,15H2,1-2H3;2*1H. The van der Waals surface area contributed by atoms with Crippen molar-refractivity contribution in [2.75, 3.05) is 13.1 Å². The van der Waals surface area contributed by atoms with Gasteiger partial charge in [-0.2, -0.15) is 0 Å². The third-order valence-corrected chi connectivity index (χ3v) is 3.74. The number of rotatable bonds is 2. The van der Waals surface area contributed by atoms with Gasteiger partial charge in [0.1, 0.15) is 0 Å². The van der Waals surface area contributed by atoms with Crippen LogP contribution in [0.1, 0.15) is 35.7 Å². The predicted octanol–water partition coefficient (Wildman–Crippen LogP) is 2.43. The Kier molecular flexibility index (Phi) is 8.09. The summed E-state index contributed by atoms with van der Waals surface area (Å²) in [4.78, 5) is 18.5. The second kappa shape index (κ2) is 8.45. The molecule has 0 aromatic carbocycles. The van der Waals surface area contributed by atoms with E-state index >= 15 is 0 Å². The van der Waals surface area contributed by atoms with Crippen LogP contribution in [0, 0.1) is 12.8 Å². The molecule has 1 aromatic rings. The molecule has 20 heavy (non-hydrogen) atoms. The van der Waals surface area contributed by atoms with E-state index < -0.39 is 0 Å².